The molecule has 116 valence electrons. The van der Waals surface area contributed by atoms with Gasteiger partial charge in [0, 0.05) is 26.2 Å². The third kappa shape index (κ3) is 3.37. The first-order chi connectivity index (χ1) is 11.0. The largest absolute Gasteiger partial charge is 0.494 e. The molecule has 1 heterocycles. The second kappa shape index (κ2) is 6.41. The molecule has 3 rings (SSSR count). The van der Waals surface area contributed by atoms with Crippen LogP contribution < -0.4 is 11.3 Å². The molecule has 0 amide bonds. The van der Waals surface area contributed by atoms with Crippen LogP contribution in [0.3, 0.4) is 0 Å². The van der Waals surface area contributed by atoms with E-state index in [9.17, 15) is 9.90 Å². The van der Waals surface area contributed by atoms with Crippen molar-refractivity contribution in [2.24, 2.45) is 4.99 Å². The maximum Gasteiger partial charge on any atom is 0.258 e. The van der Waals surface area contributed by atoms with Crippen LogP contribution in [0.2, 0.25) is 0 Å². The molecule has 0 fully saturated rings. The number of halogens is 1. The van der Waals surface area contributed by atoms with Gasteiger partial charge in [0.15, 0.2) is 0 Å². The fourth-order valence-electron chi connectivity index (χ4n) is 2.30. The number of rotatable bonds is 3. The maximum absolute atomic E-state index is 11.9. The predicted molar refractivity (Wildman–Crippen MR) is 101 cm³/mol. The predicted octanol–water partition coefficient (Wildman–Crippen LogP) is 3.04. The van der Waals surface area contributed by atoms with Crippen LogP contribution in [-0.4, -0.2) is 16.3 Å². The first kappa shape index (κ1) is 15.5. The summed E-state index contributed by atoms with van der Waals surface area (Å²) in [5.74, 6) is -0.175. The number of aliphatic imine (C=N–C) groups is 1. The molecule has 0 spiro atoms. The average molecular weight is 419 g/mol. The second-order valence-corrected chi connectivity index (χ2v) is 6.36. The molecule has 6 heteroatoms. The molecular formula is C17H14IN3O2. The first-order valence-electron chi connectivity index (χ1n) is 6.93. The molecule has 23 heavy (non-hydrogen) atoms. The highest BCUT2D eigenvalue weighted by Gasteiger charge is 2.09. The number of H-pyrrole nitrogens is 1. The summed E-state index contributed by atoms with van der Waals surface area (Å²) >= 11 is 2.17. The van der Waals surface area contributed by atoms with E-state index in [2.05, 4.69) is 32.6 Å². The summed E-state index contributed by atoms with van der Waals surface area (Å²) in [5, 5.41) is 11.3. The molecule has 0 aliphatic heterocycles. The van der Waals surface area contributed by atoms with E-state index in [1.165, 1.54) is 0 Å². The molecule has 0 radical (unpaired) electrons. The first-order valence-corrected chi connectivity index (χ1v) is 8.01. The summed E-state index contributed by atoms with van der Waals surface area (Å²) in [6, 6.07) is 12.9. The number of pyridine rings is 1. The standard InChI is InChI=1S/C17H14IN3O2/c18-11-3-6-13-14(7-11)15(17(23)21-16(13)22)9-20-8-10-1-4-12(19)5-2-10/h1-7,9H,8,19H2,(H2,21,22,23). The molecular weight excluding hydrogens is 405 g/mol. The van der Waals surface area contributed by atoms with Crippen molar-refractivity contribution in [1.82, 2.24) is 4.98 Å². The Kier molecular flexibility index (Phi) is 4.33. The van der Waals surface area contributed by atoms with Crippen LogP contribution in [0.25, 0.3) is 10.8 Å². The van der Waals surface area contributed by atoms with E-state index in [1.54, 1.807) is 12.3 Å². The summed E-state index contributed by atoms with van der Waals surface area (Å²) in [4.78, 5) is 18.7. The number of nitrogens with zero attached hydrogens (tertiary/aromatic N) is 1. The SMILES string of the molecule is Nc1ccc(CN=Cc2c(O)[nH]c(=O)c3ccc(I)cc23)cc1. The van der Waals surface area contributed by atoms with Crippen molar-refractivity contribution in [3.05, 3.63) is 67.5 Å². The number of nitrogens with one attached hydrogen (secondary N) is 1. The van der Waals surface area contributed by atoms with Crippen molar-refractivity contribution < 1.29 is 5.11 Å². The third-order valence-electron chi connectivity index (χ3n) is 3.48. The monoisotopic (exact) mass is 419 g/mol. The molecule has 0 aliphatic rings. The Labute approximate surface area is 146 Å². The fraction of sp³-hybridized carbons (Fsp3) is 0.0588. The lowest BCUT2D eigenvalue weighted by molar-refractivity contribution is 0.452. The number of hydrogen-bond donors (Lipinski definition) is 3. The molecule has 0 bridgehead atoms. The Bertz CT molecular complexity index is 946. The zero-order chi connectivity index (χ0) is 16.4. The summed E-state index contributed by atoms with van der Waals surface area (Å²) in [7, 11) is 0. The lowest BCUT2D eigenvalue weighted by Gasteiger charge is -2.05. The number of aromatic amines is 1. The Morgan fingerprint density at radius 2 is 1.91 bits per heavy atom. The van der Waals surface area contributed by atoms with E-state index in [1.807, 2.05) is 36.4 Å². The van der Waals surface area contributed by atoms with E-state index in [4.69, 9.17) is 5.73 Å². The number of anilines is 1. The van der Waals surface area contributed by atoms with Gasteiger partial charge in [-0.15, -0.1) is 0 Å². The highest BCUT2D eigenvalue weighted by molar-refractivity contribution is 14.1. The van der Waals surface area contributed by atoms with Crippen LogP contribution >= 0.6 is 22.6 Å². The van der Waals surface area contributed by atoms with Crippen LogP contribution in [0.15, 0.2) is 52.3 Å². The van der Waals surface area contributed by atoms with Gasteiger partial charge in [0.05, 0.1) is 12.1 Å². The minimum absolute atomic E-state index is 0.175. The summed E-state index contributed by atoms with van der Waals surface area (Å²) in [5.41, 5.74) is 7.56. The Balaban J connectivity index is 1.99. The lowest BCUT2D eigenvalue weighted by Crippen LogP contribution is -2.08. The van der Waals surface area contributed by atoms with Gasteiger partial charge in [-0.2, -0.15) is 0 Å². The number of hydrogen-bond acceptors (Lipinski definition) is 4. The summed E-state index contributed by atoms with van der Waals surface area (Å²) in [6.07, 6.45) is 1.58. The molecule has 3 aromatic rings. The number of nitrogen functional groups attached to an aromatic ring is 1. The minimum atomic E-state index is -0.315. The quantitative estimate of drug-likeness (QED) is 0.346. The highest BCUT2D eigenvalue weighted by atomic mass is 127. The van der Waals surface area contributed by atoms with Gasteiger partial charge in [0.2, 0.25) is 5.88 Å². The van der Waals surface area contributed by atoms with E-state index in [0.717, 1.165) is 9.13 Å². The van der Waals surface area contributed by atoms with Gasteiger partial charge in [-0.1, -0.05) is 12.1 Å². The normalized spacial score (nSPS) is 11.3. The fourth-order valence-corrected chi connectivity index (χ4v) is 2.79. The van der Waals surface area contributed by atoms with Crippen molar-refractivity contribution >= 4 is 45.3 Å². The molecule has 4 N–H and O–H groups in total. The molecule has 5 nitrogen and oxygen atoms in total. The Morgan fingerprint density at radius 1 is 1.17 bits per heavy atom. The van der Waals surface area contributed by atoms with E-state index < -0.39 is 0 Å². The second-order valence-electron chi connectivity index (χ2n) is 5.12. The average Bonchev–Trinajstić information content (AvgIpc) is 2.52. The lowest BCUT2D eigenvalue weighted by atomic mass is 10.1. The van der Waals surface area contributed by atoms with Gasteiger partial charge in [0.1, 0.15) is 0 Å². The molecule has 0 atom stereocenters. The smallest absolute Gasteiger partial charge is 0.258 e. The zero-order valence-electron chi connectivity index (χ0n) is 12.1. The van der Waals surface area contributed by atoms with Crippen LogP contribution in [0.1, 0.15) is 11.1 Å². The summed E-state index contributed by atoms with van der Waals surface area (Å²) < 4.78 is 0.980. The maximum atomic E-state index is 11.9. The zero-order valence-corrected chi connectivity index (χ0v) is 14.2. The molecule has 0 saturated heterocycles. The van der Waals surface area contributed by atoms with Gasteiger partial charge >= 0.3 is 0 Å². The van der Waals surface area contributed by atoms with Crippen LogP contribution in [0.4, 0.5) is 5.69 Å². The topological polar surface area (TPSA) is 91.5 Å². The molecule has 0 unspecified atom stereocenters. The Hall–Kier alpha value is -2.35. The molecule has 2 aromatic carbocycles. The van der Waals surface area contributed by atoms with Crippen molar-refractivity contribution in [2.75, 3.05) is 5.73 Å². The van der Waals surface area contributed by atoms with Crippen molar-refractivity contribution in [2.45, 2.75) is 6.54 Å². The van der Waals surface area contributed by atoms with Gasteiger partial charge in [-0.3, -0.25) is 14.8 Å². The Morgan fingerprint density at radius 3 is 2.65 bits per heavy atom. The third-order valence-corrected chi connectivity index (χ3v) is 4.15. The van der Waals surface area contributed by atoms with E-state index >= 15 is 0 Å². The van der Waals surface area contributed by atoms with Crippen LogP contribution in [0.5, 0.6) is 5.88 Å². The minimum Gasteiger partial charge on any atom is -0.494 e. The molecule has 0 aliphatic carbocycles. The molecule has 0 saturated carbocycles. The van der Waals surface area contributed by atoms with Crippen molar-refractivity contribution in [1.29, 1.82) is 0 Å². The number of nitrogens with two attached hydrogens (primary N) is 1. The van der Waals surface area contributed by atoms with Crippen molar-refractivity contribution in [3.8, 4) is 5.88 Å². The summed E-state index contributed by atoms with van der Waals surface area (Å²) in [6.45, 7) is 0.463. The van der Waals surface area contributed by atoms with Gasteiger partial charge in [-0.25, -0.2) is 0 Å². The number of fused-ring (bicyclic) bond motifs is 1. The number of aromatic nitrogens is 1. The van der Waals surface area contributed by atoms with Crippen molar-refractivity contribution in [3.63, 3.8) is 0 Å². The highest BCUT2D eigenvalue weighted by Crippen LogP contribution is 2.22. The van der Waals surface area contributed by atoms with Crippen LogP contribution in [-0.2, 0) is 6.54 Å². The van der Waals surface area contributed by atoms with Crippen LogP contribution in [0, 0.1) is 3.57 Å². The van der Waals surface area contributed by atoms with Gasteiger partial charge in [-0.05, 0) is 58.5 Å². The van der Waals surface area contributed by atoms with E-state index in [-0.39, 0.29) is 11.4 Å². The van der Waals surface area contributed by atoms with E-state index in [0.29, 0.717) is 28.6 Å². The number of benzene rings is 2. The van der Waals surface area contributed by atoms with Gasteiger partial charge < -0.3 is 10.8 Å². The molecule has 1 aromatic heterocycles. The van der Waals surface area contributed by atoms with Gasteiger partial charge in [0.25, 0.3) is 5.56 Å². The number of aromatic hydroxyl groups is 1.